The normalized spacial score (nSPS) is 20.4. The van der Waals surface area contributed by atoms with Crippen molar-refractivity contribution >= 4 is 27.5 Å². The number of carbonyl (C=O) groups is 2. The summed E-state index contributed by atoms with van der Waals surface area (Å²) >= 11 is 0. The van der Waals surface area contributed by atoms with Gasteiger partial charge in [-0.05, 0) is 48.4 Å². The Morgan fingerprint density at radius 2 is 1.78 bits per heavy atom. The quantitative estimate of drug-likeness (QED) is 0.227. The standard InChI is InChI=1S/C26H30N2O8S/c1-34-14-4-11-28-23(19-5-3-6-20(17-19)35-2)22(25(30)26(28)31)24(29)18-7-9-21(10-8-18)37(32,33)27-12-15-36-16-13-27/h3,5-10,17,23,29H,4,11-16H2,1-2H3/t23-/m1/s1. The summed E-state index contributed by atoms with van der Waals surface area (Å²) in [5, 5.41) is 11.2. The topological polar surface area (TPSA) is 123 Å². The minimum absolute atomic E-state index is 0.0651. The van der Waals surface area contributed by atoms with Crippen LogP contribution in [0.3, 0.4) is 0 Å². The Morgan fingerprint density at radius 3 is 2.43 bits per heavy atom. The maximum absolute atomic E-state index is 13.1. The molecule has 1 N–H and O–H groups in total. The van der Waals surface area contributed by atoms with Crippen molar-refractivity contribution in [1.29, 1.82) is 0 Å². The zero-order valence-electron chi connectivity index (χ0n) is 20.8. The summed E-state index contributed by atoms with van der Waals surface area (Å²) < 4.78 is 42.9. The van der Waals surface area contributed by atoms with E-state index in [4.69, 9.17) is 14.2 Å². The van der Waals surface area contributed by atoms with Gasteiger partial charge in [0, 0.05) is 38.9 Å². The summed E-state index contributed by atoms with van der Waals surface area (Å²) in [5.41, 5.74) is 0.757. The lowest BCUT2D eigenvalue weighted by Crippen LogP contribution is -2.40. The number of Topliss-reactive ketones (excluding diaryl/α,β-unsaturated/α-hetero) is 1. The van der Waals surface area contributed by atoms with Gasteiger partial charge in [0.15, 0.2) is 0 Å². The molecule has 2 aliphatic heterocycles. The van der Waals surface area contributed by atoms with Gasteiger partial charge in [0.1, 0.15) is 11.5 Å². The van der Waals surface area contributed by atoms with Crippen LogP contribution in [0.15, 0.2) is 59.0 Å². The molecule has 37 heavy (non-hydrogen) atoms. The Bertz CT molecular complexity index is 1280. The molecule has 11 heteroatoms. The molecule has 2 aromatic carbocycles. The van der Waals surface area contributed by atoms with Crippen LogP contribution in [0, 0.1) is 0 Å². The van der Waals surface area contributed by atoms with Crippen molar-refractivity contribution in [3.8, 4) is 5.75 Å². The van der Waals surface area contributed by atoms with E-state index in [2.05, 4.69) is 0 Å². The fourth-order valence-corrected chi connectivity index (χ4v) is 5.93. The van der Waals surface area contributed by atoms with Crippen LogP contribution in [0.5, 0.6) is 5.75 Å². The van der Waals surface area contributed by atoms with E-state index in [1.807, 2.05) is 0 Å². The number of amides is 1. The number of aliphatic hydroxyl groups excluding tert-OH is 1. The molecule has 0 saturated carbocycles. The number of aliphatic hydroxyl groups is 1. The molecule has 0 aliphatic carbocycles. The van der Waals surface area contributed by atoms with E-state index in [9.17, 15) is 23.1 Å². The summed E-state index contributed by atoms with van der Waals surface area (Å²) in [7, 11) is -0.658. The summed E-state index contributed by atoms with van der Waals surface area (Å²) in [4.78, 5) is 27.6. The molecule has 10 nitrogen and oxygen atoms in total. The zero-order valence-corrected chi connectivity index (χ0v) is 21.6. The molecule has 2 heterocycles. The minimum atomic E-state index is -3.73. The highest BCUT2D eigenvalue weighted by atomic mass is 32.2. The van der Waals surface area contributed by atoms with E-state index < -0.39 is 27.8 Å². The van der Waals surface area contributed by atoms with Crippen molar-refractivity contribution in [3.05, 3.63) is 65.2 Å². The number of sulfonamides is 1. The highest BCUT2D eigenvalue weighted by Gasteiger charge is 2.46. The Morgan fingerprint density at radius 1 is 1.08 bits per heavy atom. The molecule has 1 amide bonds. The van der Waals surface area contributed by atoms with Gasteiger partial charge in [0.05, 0.1) is 36.8 Å². The number of ketones is 1. The average molecular weight is 531 g/mol. The summed E-state index contributed by atoms with van der Waals surface area (Å²) in [5.74, 6) is -1.38. The van der Waals surface area contributed by atoms with E-state index >= 15 is 0 Å². The van der Waals surface area contributed by atoms with Gasteiger partial charge < -0.3 is 24.2 Å². The molecular formula is C26H30N2O8S. The number of ether oxygens (including phenoxy) is 3. The van der Waals surface area contributed by atoms with E-state index in [-0.39, 0.29) is 41.4 Å². The number of carbonyl (C=O) groups excluding carboxylic acids is 2. The van der Waals surface area contributed by atoms with Crippen LogP contribution in [0.25, 0.3) is 5.76 Å². The van der Waals surface area contributed by atoms with Crippen LogP contribution < -0.4 is 4.74 Å². The maximum Gasteiger partial charge on any atom is 0.295 e. The van der Waals surface area contributed by atoms with Gasteiger partial charge >= 0.3 is 0 Å². The van der Waals surface area contributed by atoms with Crippen LogP contribution in [0.2, 0.25) is 0 Å². The van der Waals surface area contributed by atoms with Crippen LogP contribution in [0.4, 0.5) is 0 Å². The number of morpholine rings is 1. The predicted molar refractivity (Wildman–Crippen MR) is 135 cm³/mol. The van der Waals surface area contributed by atoms with Crippen LogP contribution in [0.1, 0.15) is 23.6 Å². The molecule has 2 aliphatic rings. The Kier molecular flexibility index (Phi) is 8.28. The fourth-order valence-electron chi connectivity index (χ4n) is 4.52. The lowest BCUT2D eigenvalue weighted by molar-refractivity contribution is -0.140. The van der Waals surface area contributed by atoms with Crippen molar-refractivity contribution in [2.75, 3.05) is 53.7 Å². The average Bonchev–Trinajstić information content (AvgIpc) is 3.18. The second-order valence-corrected chi connectivity index (χ2v) is 10.6. The predicted octanol–water partition coefficient (Wildman–Crippen LogP) is 2.17. The lowest BCUT2D eigenvalue weighted by Gasteiger charge is -2.26. The summed E-state index contributed by atoms with van der Waals surface area (Å²) in [6.07, 6.45) is 0.498. The second kappa shape index (κ2) is 11.4. The monoisotopic (exact) mass is 530 g/mol. The number of hydrogen-bond acceptors (Lipinski definition) is 8. The molecule has 0 aromatic heterocycles. The molecule has 0 bridgehead atoms. The van der Waals surface area contributed by atoms with Crippen molar-refractivity contribution < 1.29 is 37.3 Å². The van der Waals surface area contributed by atoms with Crippen molar-refractivity contribution in [2.45, 2.75) is 17.4 Å². The van der Waals surface area contributed by atoms with Crippen molar-refractivity contribution in [1.82, 2.24) is 9.21 Å². The first-order chi connectivity index (χ1) is 17.8. The van der Waals surface area contributed by atoms with E-state index in [1.165, 1.54) is 40.6 Å². The lowest BCUT2D eigenvalue weighted by atomic mass is 9.95. The highest BCUT2D eigenvalue weighted by Crippen LogP contribution is 2.40. The number of rotatable bonds is 9. The van der Waals surface area contributed by atoms with Gasteiger partial charge in [-0.3, -0.25) is 9.59 Å². The third kappa shape index (κ3) is 5.40. The van der Waals surface area contributed by atoms with Gasteiger partial charge in [-0.1, -0.05) is 12.1 Å². The van der Waals surface area contributed by atoms with Crippen LogP contribution >= 0.6 is 0 Å². The Labute approximate surface area is 216 Å². The summed E-state index contributed by atoms with van der Waals surface area (Å²) in [6.45, 7) is 1.81. The third-order valence-corrected chi connectivity index (χ3v) is 8.35. The largest absolute Gasteiger partial charge is 0.507 e. The molecular weight excluding hydrogens is 500 g/mol. The first-order valence-corrected chi connectivity index (χ1v) is 13.3. The molecule has 2 fully saturated rings. The van der Waals surface area contributed by atoms with Crippen molar-refractivity contribution in [2.24, 2.45) is 0 Å². The van der Waals surface area contributed by atoms with Crippen LogP contribution in [-0.4, -0.2) is 88.1 Å². The molecule has 1 atom stereocenters. The number of nitrogens with zero attached hydrogens (tertiary/aromatic N) is 2. The molecule has 0 radical (unpaired) electrons. The SMILES string of the molecule is COCCCN1C(=O)C(=O)C(=C(O)c2ccc(S(=O)(=O)N3CCOCC3)cc2)[C@H]1c1cccc(OC)c1. The number of likely N-dealkylation sites (tertiary alicyclic amines) is 1. The maximum atomic E-state index is 13.1. The van der Waals surface area contributed by atoms with Gasteiger partial charge in [-0.15, -0.1) is 0 Å². The minimum Gasteiger partial charge on any atom is -0.507 e. The van der Waals surface area contributed by atoms with E-state index in [0.29, 0.717) is 37.6 Å². The molecule has 4 rings (SSSR count). The van der Waals surface area contributed by atoms with E-state index in [0.717, 1.165) is 0 Å². The van der Waals surface area contributed by atoms with E-state index in [1.54, 1.807) is 31.4 Å². The van der Waals surface area contributed by atoms with Gasteiger partial charge in [-0.2, -0.15) is 4.31 Å². The molecule has 198 valence electrons. The Balaban J connectivity index is 1.73. The molecule has 2 saturated heterocycles. The second-order valence-electron chi connectivity index (χ2n) is 8.66. The molecule has 2 aromatic rings. The Hall–Kier alpha value is -3.25. The van der Waals surface area contributed by atoms with Gasteiger partial charge in [-0.25, -0.2) is 8.42 Å². The van der Waals surface area contributed by atoms with Gasteiger partial charge in [0.25, 0.3) is 11.7 Å². The first kappa shape index (κ1) is 26.8. The smallest absolute Gasteiger partial charge is 0.295 e. The number of methoxy groups -OCH3 is 2. The fraction of sp³-hybridized carbons (Fsp3) is 0.385. The number of benzene rings is 2. The third-order valence-electron chi connectivity index (χ3n) is 6.43. The highest BCUT2D eigenvalue weighted by molar-refractivity contribution is 7.89. The summed E-state index contributed by atoms with van der Waals surface area (Å²) in [6, 6.07) is 11.8. The number of hydrogen-bond donors (Lipinski definition) is 1. The first-order valence-electron chi connectivity index (χ1n) is 11.9. The van der Waals surface area contributed by atoms with Crippen LogP contribution in [-0.2, 0) is 29.1 Å². The zero-order chi connectivity index (χ0) is 26.6. The van der Waals surface area contributed by atoms with Crippen molar-refractivity contribution in [3.63, 3.8) is 0 Å². The molecule has 0 spiro atoms. The molecule has 0 unspecified atom stereocenters. The van der Waals surface area contributed by atoms with Gasteiger partial charge in [0.2, 0.25) is 10.0 Å².